The van der Waals surface area contributed by atoms with Gasteiger partial charge in [0.05, 0.1) is 11.9 Å². The maximum atomic E-state index is 12.5. The summed E-state index contributed by atoms with van der Waals surface area (Å²) in [5.74, 6) is -0.442. The van der Waals surface area contributed by atoms with E-state index in [0.29, 0.717) is 5.69 Å². The molecule has 3 aromatic heterocycles. The smallest absolute Gasteiger partial charge is 0.261 e. The van der Waals surface area contributed by atoms with Crippen LogP contribution in [-0.2, 0) is 6.54 Å². The van der Waals surface area contributed by atoms with Gasteiger partial charge in [0.15, 0.2) is 0 Å². The highest BCUT2D eigenvalue weighted by Crippen LogP contribution is 2.20. The summed E-state index contributed by atoms with van der Waals surface area (Å²) in [6.45, 7) is 0.255. The fourth-order valence-electron chi connectivity index (χ4n) is 2.92. The van der Waals surface area contributed by atoms with Crippen molar-refractivity contribution in [1.82, 2.24) is 25.5 Å². The van der Waals surface area contributed by atoms with Gasteiger partial charge in [-0.25, -0.2) is 0 Å². The van der Waals surface area contributed by atoms with E-state index in [1.54, 1.807) is 36.8 Å². The van der Waals surface area contributed by atoms with Crippen LogP contribution < -0.4 is 10.9 Å². The Morgan fingerprint density at radius 1 is 0.964 bits per heavy atom. The van der Waals surface area contributed by atoms with Gasteiger partial charge in [-0.05, 0) is 29.8 Å². The Labute approximate surface area is 160 Å². The molecule has 0 saturated heterocycles. The topological polar surface area (TPSA) is 104 Å². The van der Waals surface area contributed by atoms with Gasteiger partial charge in [0.2, 0.25) is 0 Å². The zero-order valence-corrected chi connectivity index (χ0v) is 14.8. The second-order valence-corrected chi connectivity index (χ2v) is 6.17. The Balaban J connectivity index is 1.50. The average molecular weight is 371 g/mol. The van der Waals surface area contributed by atoms with E-state index in [1.165, 1.54) is 6.07 Å². The first-order chi connectivity index (χ1) is 13.7. The molecule has 3 heterocycles. The Bertz CT molecular complexity index is 1150. The van der Waals surface area contributed by atoms with Gasteiger partial charge in [-0.1, -0.05) is 30.3 Å². The number of carbonyl (C=O) groups is 1. The van der Waals surface area contributed by atoms with E-state index in [-0.39, 0.29) is 12.1 Å². The van der Waals surface area contributed by atoms with Crippen LogP contribution in [0.5, 0.6) is 0 Å². The van der Waals surface area contributed by atoms with Crippen LogP contribution in [0.15, 0.2) is 78.0 Å². The molecule has 138 valence electrons. The van der Waals surface area contributed by atoms with Crippen molar-refractivity contribution in [3.63, 3.8) is 0 Å². The third-order valence-electron chi connectivity index (χ3n) is 4.37. The van der Waals surface area contributed by atoms with E-state index < -0.39 is 11.5 Å². The number of rotatable bonds is 5. The van der Waals surface area contributed by atoms with Crippen LogP contribution in [0.4, 0.5) is 0 Å². The zero-order valence-electron chi connectivity index (χ0n) is 14.8. The summed E-state index contributed by atoms with van der Waals surface area (Å²) >= 11 is 0. The number of hydrogen-bond donors (Lipinski definition) is 3. The number of benzene rings is 1. The third-order valence-corrected chi connectivity index (χ3v) is 4.37. The highest BCUT2D eigenvalue weighted by atomic mass is 16.2. The summed E-state index contributed by atoms with van der Waals surface area (Å²) in [6.07, 6.45) is 4.95. The first-order valence-corrected chi connectivity index (χ1v) is 8.72. The molecule has 0 radical (unpaired) electrons. The molecule has 7 heteroatoms. The molecule has 0 unspecified atom stereocenters. The Morgan fingerprint density at radius 3 is 2.50 bits per heavy atom. The molecule has 0 fully saturated rings. The van der Waals surface area contributed by atoms with Gasteiger partial charge >= 0.3 is 0 Å². The summed E-state index contributed by atoms with van der Waals surface area (Å²) in [7, 11) is 0. The first-order valence-electron chi connectivity index (χ1n) is 8.72. The van der Waals surface area contributed by atoms with Crippen molar-refractivity contribution in [3.8, 4) is 22.5 Å². The van der Waals surface area contributed by atoms with Crippen LogP contribution in [-0.4, -0.2) is 26.1 Å². The molecular formula is C21H17N5O2. The lowest BCUT2D eigenvalue weighted by Crippen LogP contribution is -2.29. The van der Waals surface area contributed by atoms with Crippen LogP contribution >= 0.6 is 0 Å². The van der Waals surface area contributed by atoms with Crippen molar-refractivity contribution in [1.29, 1.82) is 0 Å². The molecule has 4 rings (SSSR count). The van der Waals surface area contributed by atoms with Crippen molar-refractivity contribution in [2.45, 2.75) is 6.54 Å². The highest BCUT2D eigenvalue weighted by Gasteiger charge is 2.13. The minimum atomic E-state index is -0.442. The van der Waals surface area contributed by atoms with Gasteiger partial charge in [-0.3, -0.25) is 19.7 Å². The fraction of sp³-hybridized carbons (Fsp3) is 0.0476. The molecule has 7 nitrogen and oxygen atoms in total. The van der Waals surface area contributed by atoms with Gasteiger partial charge < -0.3 is 10.3 Å². The van der Waals surface area contributed by atoms with Crippen molar-refractivity contribution >= 4 is 5.91 Å². The largest absolute Gasteiger partial charge is 0.348 e. The summed E-state index contributed by atoms with van der Waals surface area (Å²) in [5.41, 5.74) is 3.72. The van der Waals surface area contributed by atoms with E-state index in [0.717, 1.165) is 22.4 Å². The normalized spacial score (nSPS) is 10.6. The summed E-state index contributed by atoms with van der Waals surface area (Å²) < 4.78 is 0. The number of pyridine rings is 2. The number of nitrogens with one attached hydrogen (secondary N) is 3. The summed E-state index contributed by atoms with van der Waals surface area (Å²) in [5, 5.41) is 9.79. The number of aromatic amines is 2. The maximum absolute atomic E-state index is 12.5. The van der Waals surface area contributed by atoms with Crippen molar-refractivity contribution in [3.05, 3.63) is 94.7 Å². The molecule has 1 amide bonds. The van der Waals surface area contributed by atoms with Crippen LogP contribution in [0.1, 0.15) is 15.9 Å². The van der Waals surface area contributed by atoms with E-state index in [4.69, 9.17) is 0 Å². The van der Waals surface area contributed by atoms with E-state index in [1.807, 2.05) is 30.3 Å². The third kappa shape index (κ3) is 3.59. The molecular weight excluding hydrogens is 354 g/mol. The molecule has 3 N–H and O–H groups in total. The Kier molecular flexibility index (Phi) is 4.79. The second kappa shape index (κ2) is 7.71. The van der Waals surface area contributed by atoms with Gasteiger partial charge in [0.1, 0.15) is 5.56 Å². The molecule has 4 aromatic rings. The fourth-order valence-corrected chi connectivity index (χ4v) is 2.92. The summed E-state index contributed by atoms with van der Waals surface area (Å²) in [6, 6.07) is 16.5. The van der Waals surface area contributed by atoms with Crippen LogP contribution in [0.3, 0.4) is 0 Å². The number of nitrogens with zero attached hydrogens (tertiary/aromatic N) is 2. The van der Waals surface area contributed by atoms with E-state index in [9.17, 15) is 9.59 Å². The molecule has 0 aliphatic carbocycles. The molecule has 0 aliphatic heterocycles. The van der Waals surface area contributed by atoms with Crippen molar-refractivity contribution in [2.75, 3.05) is 0 Å². The molecule has 28 heavy (non-hydrogen) atoms. The number of hydrogen-bond acceptors (Lipinski definition) is 4. The minimum Gasteiger partial charge on any atom is -0.348 e. The van der Waals surface area contributed by atoms with Crippen LogP contribution in [0.2, 0.25) is 0 Å². The SMILES string of the molecule is O=C(NCc1cn[nH]c1-c1ccccc1)c1ccc(-c2ccncc2)[nH]c1=O. The molecule has 0 bridgehead atoms. The zero-order chi connectivity index (χ0) is 19.3. The lowest BCUT2D eigenvalue weighted by Gasteiger charge is -2.07. The molecule has 0 aliphatic rings. The predicted molar refractivity (Wildman–Crippen MR) is 105 cm³/mol. The summed E-state index contributed by atoms with van der Waals surface area (Å²) in [4.78, 5) is 31.5. The Hall–Kier alpha value is -4.00. The quantitative estimate of drug-likeness (QED) is 0.502. The number of H-pyrrole nitrogens is 2. The monoisotopic (exact) mass is 371 g/mol. The minimum absolute atomic E-state index is 0.0579. The number of aromatic nitrogens is 4. The first kappa shape index (κ1) is 17.4. The molecule has 0 spiro atoms. The molecule has 0 atom stereocenters. The standard InChI is InChI=1S/C21H17N5O2/c27-20(17-6-7-18(25-21(17)28)14-8-10-22-11-9-14)23-12-16-13-24-26-19(16)15-4-2-1-3-5-15/h1-11,13H,12H2,(H,23,27)(H,24,26)(H,25,28). The number of carbonyl (C=O) groups excluding carboxylic acids is 1. The average Bonchev–Trinajstić information content (AvgIpc) is 3.22. The van der Waals surface area contributed by atoms with E-state index >= 15 is 0 Å². The Morgan fingerprint density at radius 2 is 1.75 bits per heavy atom. The van der Waals surface area contributed by atoms with Gasteiger partial charge in [0, 0.05) is 35.8 Å². The van der Waals surface area contributed by atoms with Crippen molar-refractivity contribution < 1.29 is 4.79 Å². The number of amides is 1. The molecule has 0 saturated carbocycles. The van der Waals surface area contributed by atoms with Gasteiger partial charge in [0.25, 0.3) is 11.5 Å². The van der Waals surface area contributed by atoms with E-state index in [2.05, 4.69) is 25.5 Å². The lowest BCUT2D eigenvalue weighted by molar-refractivity contribution is 0.0949. The highest BCUT2D eigenvalue weighted by molar-refractivity contribution is 5.94. The molecule has 1 aromatic carbocycles. The van der Waals surface area contributed by atoms with Crippen molar-refractivity contribution in [2.24, 2.45) is 0 Å². The second-order valence-electron chi connectivity index (χ2n) is 6.17. The van der Waals surface area contributed by atoms with Crippen LogP contribution in [0.25, 0.3) is 22.5 Å². The lowest BCUT2D eigenvalue weighted by atomic mass is 10.1. The van der Waals surface area contributed by atoms with Crippen LogP contribution in [0, 0.1) is 0 Å². The van der Waals surface area contributed by atoms with Gasteiger partial charge in [-0.15, -0.1) is 0 Å². The maximum Gasteiger partial charge on any atom is 0.261 e. The van der Waals surface area contributed by atoms with Gasteiger partial charge in [-0.2, -0.15) is 5.10 Å². The predicted octanol–water partition coefficient (Wildman–Crippen LogP) is 2.76.